The summed E-state index contributed by atoms with van der Waals surface area (Å²) in [7, 11) is -3.51. The van der Waals surface area contributed by atoms with Crippen LogP contribution in [0.5, 0.6) is 0 Å². The fourth-order valence-corrected chi connectivity index (χ4v) is 3.38. The van der Waals surface area contributed by atoms with Gasteiger partial charge in [0.05, 0.1) is 21.8 Å². The number of nitrogens with one attached hydrogen (secondary N) is 1. The minimum Gasteiger partial charge on any atom is -0.288 e. The van der Waals surface area contributed by atoms with Crippen LogP contribution in [0.2, 0.25) is 0 Å². The first kappa shape index (κ1) is 11.8. The molecule has 1 heterocycles. The van der Waals surface area contributed by atoms with E-state index in [2.05, 4.69) is 5.32 Å². The van der Waals surface area contributed by atoms with E-state index in [9.17, 15) is 18.0 Å². The maximum Gasteiger partial charge on any atom is 0.260 e. The van der Waals surface area contributed by atoms with Crippen LogP contribution in [0.15, 0.2) is 23.1 Å². The van der Waals surface area contributed by atoms with Gasteiger partial charge in [0.15, 0.2) is 9.84 Å². The third-order valence-corrected chi connectivity index (χ3v) is 4.49. The Morgan fingerprint density at radius 3 is 2.53 bits per heavy atom. The first-order valence-corrected chi connectivity index (χ1v) is 6.84. The van der Waals surface area contributed by atoms with E-state index in [1.165, 1.54) is 18.2 Å². The lowest BCUT2D eigenvalue weighted by Gasteiger charge is -2.06. The summed E-state index contributed by atoms with van der Waals surface area (Å²) in [4.78, 5) is 22.9. The van der Waals surface area contributed by atoms with Crippen LogP contribution in [0.1, 0.15) is 34.1 Å². The highest BCUT2D eigenvalue weighted by molar-refractivity contribution is 7.91. The third-order valence-electron chi connectivity index (χ3n) is 2.53. The number of carbonyl (C=O) groups excluding carboxylic acids is 2. The minimum atomic E-state index is -3.51. The molecule has 0 aromatic heterocycles. The van der Waals surface area contributed by atoms with Crippen molar-refractivity contribution in [1.82, 2.24) is 5.32 Å². The second-order valence-corrected chi connectivity index (χ2v) is 5.86. The number of hydrogen-bond donors (Lipinski definition) is 1. The summed E-state index contributed by atoms with van der Waals surface area (Å²) in [6.07, 6.45) is 0.460. The zero-order valence-electron chi connectivity index (χ0n) is 9.19. The molecule has 0 bridgehead atoms. The van der Waals surface area contributed by atoms with Crippen LogP contribution < -0.4 is 5.32 Å². The normalized spacial score (nSPS) is 14.6. The first-order chi connectivity index (χ1) is 7.97. The summed E-state index contributed by atoms with van der Waals surface area (Å²) < 4.78 is 23.9. The van der Waals surface area contributed by atoms with E-state index in [1.807, 2.05) is 0 Å². The van der Waals surface area contributed by atoms with Crippen LogP contribution in [0.4, 0.5) is 0 Å². The number of amides is 2. The molecule has 1 N–H and O–H groups in total. The second kappa shape index (κ2) is 3.96. The smallest absolute Gasteiger partial charge is 0.260 e. The predicted octanol–water partition coefficient (Wildman–Crippen LogP) is 0.754. The van der Waals surface area contributed by atoms with E-state index in [0.29, 0.717) is 6.42 Å². The van der Waals surface area contributed by atoms with Gasteiger partial charge >= 0.3 is 0 Å². The number of carbonyl (C=O) groups is 2. The monoisotopic (exact) mass is 253 g/mol. The van der Waals surface area contributed by atoms with Gasteiger partial charge in [-0.25, -0.2) is 8.42 Å². The molecule has 0 aliphatic carbocycles. The molecule has 1 aromatic rings. The standard InChI is InChI=1S/C11H11NO4S/c1-2-6-17(15,16)8-5-3-4-7-9(8)11(14)12-10(7)13/h3-5H,2,6H2,1H3,(H,12,13,14). The van der Waals surface area contributed by atoms with Gasteiger partial charge in [0, 0.05) is 0 Å². The molecular weight excluding hydrogens is 242 g/mol. The van der Waals surface area contributed by atoms with Crippen molar-refractivity contribution in [2.24, 2.45) is 0 Å². The average Bonchev–Trinajstić information content (AvgIpc) is 2.55. The van der Waals surface area contributed by atoms with Crippen molar-refractivity contribution in [2.75, 3.05) is 5.75 Å². The SMILES string of the molecule is CCCS(=O)(=O)c1cccc2c1C(=O)NC2=O. The van der Waals surface area contributed by atoms with E-state index in [-0.39, 0.29) is 21.8 Å². The predicted molar refractivity (Wildman–Crippen MR) is 60.6 cm³/mol. The van der Waals surface area contributed by atoms with Crippen LogP contribution in [0.3, 0.4) is 0 Å². The van der Waals surface area contributed by atoms with Crippen LogP contribution in [-0.2, 0) is 9.84 Å². The number of imide groups is 1. The highest BCUT2D eigenvalue weighted by Crippen LogP contribution is 2.25. The topological polar surface area (TPSA) is 80.3 Å². The molecule has 0 atom stereocenters. The van der Waals surface area contributed by atoms with Crippen molar-refractivity contribution in [3.05, 3.63) is 29.3 Å². The Morgan fingerprint density at radius 2 is 1.88 bits per heavy atom. The Hall–Kier alpha value is -1.69. The molecule has 17 heavy (non-hydrogen) atoms. The van der Waals surface area contributed by atoms with Crippen LogP contribution in [0.25, 0.3) is 0 Å². The molecule has 0 spiro atoms. The molecule has 1 aliphatic heterocycles. The van der Waals surface area contributed by atoms with Crippen molar-refractivity contribution in [3.63, 3.8) is 0 Å². The fourth-order valence-electron chi connectivity index (χ4n) is 1.83. The van der Waals surface area contributed by atoms with E-state index in [1.54, 1.807) is 6.92 Å². The van der Waals surface area contributed by atoms with Crippen molar-refractivity contribution >= 4 is 21.7 Å². The van der Waals surface area contributed by atoms with Crippen molar-refractivity contribution in [2.45, 2.75) is 18.2 Å². The Labute approximate surface area is 98.7 Å². The van der Waals surface area contributed by atoms with Crippen molar-refractivity contribution < 1.29 is 18.0 Å². The van der Waals surface area contributed by atoms with Crippen LogP contribution >= 0.6 is 0 Å². The molecule has 0 saturated heterocycles. The maximum absolute atomic E-state index is 12.0. The van der Waals surface area contributed by atoms with Gasteiger partial charge in [-0.05, 0) is 18.6 Å². The Bertz CT molecular complexity index is 604. The van der Waals surface area contributed by atoms with E-state index in [4.69, 9.17) is 0 Å². The third kappa shape index (κ3) is 1.84. The molecule has 90 valence electrons. The molecule has 2 amide bonds. The van der Waals surface area contributed by atoms with Gasteiger partial charge in [0.2, 0.25) is 0 Å². The number of sulfone groups is 1. The Kier molecular flexibility index (Phi) is 2.74. The molecule has 6 heteroatoms. The summed E-state index contributed by atoms with van der Waals surface area (Å²) in [5, 5.41) is 2.09. The quantitative estimate of drug-likeness (QED) is 0.806. The minimum absolute atomic E-state index is 0.0223. The van der Waals surface area contributed by atoms with Gasteiger partial charge in [-0.1, -0.05) is 13.0 Å². The number of rotatable bonds is 3. The number of benzene rings is 1. The molecule has 0 radical (unpaired) electrons. The second-order valence-electron chi connectivity index (χ2n) is 3.78. The van der Waals surface area contributed by atoms with E-state index < -0.39 is 21.7 Å². The summed E-state index contributed by atoms with van der Waals surface area (Å²) in [6.45, 7) is 1.74. The maximum atomic E-state index is 12.0. The van der Waals surface area contributed by atoms with Gasteiger partial charge < -0.3 is 0 Å². The zero-order chi connectivity index (χ0) is 12.6. The van der Waals surface area contributed by atoms with Crippen LogP contribution in [0, 0.1) is 0 Å². The summed E-state index contributed by atoms with van der Waals surface area (Å²) in [6, 6.07) is 4.28. The lowest BCUT2D eigenvalue weighted by Crippen LogP contribution is -2.21. The molecule has 0 fully saturated rings. The molecule has 2 rings (SSSR count). The highest BCUT2D eigenvalue weighted by atomic mass is 32.2. The largest absolute Gasteiger partial charge is 0.288 e. The van der Waals surface area contributed by atoms with Gasteiger partial charge in [-0.2, -0.15) is 0 Å². The molecule has 1 aliphatic rings. The van der Waals surface area contributed by atoms with Crippen molar-refractivity contribution in [3.8, 4) is 0 Å². The van der Waals surface area contributed by atoms with Crippen LogP contribution in [-0.4, -0.2) is 26.0 Å². The molecular formula is C11H11NO4S. The number of hydrogen-bond acceptors (Lipinski definition) is 4. The first-order valence-electron chi connectivity index (χ1n) is 5.19. The Morgan fingerprint density at radius 1 is 1.18 bits per heavy atom. The summed E-state index contributed by atoms with van der Waals surface area (Å²) >= 11 is 0. The van der Waals surface area contributed by atoms with Gasteiger partial charge in [0.1, 0.15) is 0 Å². The Balaban J connectivity index is 2.67. The average molecular weight is 253 g/mol. The van der Waals surface area contributed by atoms with E-state index in [0.717, 1.165) is 0 Å². The van der Waals surface area contributed by atoms with E-state index >= 15 is 0 Å². The lowest BCUT2D eigenvalue weighted by molar-refractivity contribution is 0.0878. The molecule has 0 unspecified atom stereocenters. The molecule has 5 nitrogen and oxygen atoms in total. The van der Waals surface area contributed by atoms with Gasteiger partial charge in [0.25, 0.3) is 11.8 Å². The highest BCUT2D eigenvalue weighted by Gasteiger charge is 2.33. The zero-order valence-corrected chi connectivity index (χ0v) is 10.0. The van der Waals surface area contributed by atoms with Gasteiger partial charge in [-0.15, -0.1) is 0 Å². The molecule has 1 aromatic carbocycles. The summed E-state index contributed by atoms with van der Waals surface area (Å²) in [5.74, 6) is -1.22. The van der Waals surface area contributed by atoms with Gasteiger partial charge in [-0.3, -0.25) is 14.9 Å². The summed E-state index contributed by atoms with van der Waals surface area (Å²) in [5.41, 5.74) is 0.109. The number of fused-ring (bicyclic) bond motifs is 1. The van der Waals surface area contributed by atoms with Crippen molar-refractivity contribution in [1.29, 1.82) is 0 Å². The lowest BCUT2D eigenvalue weighted by atomic mass is 10.1. The molecule has 0 saturated carbocycles. The fraction of sp³-hybridized carbons (Fsp3) is 0.273.